The van der Waals surface area contributed by atoms with Crippen LogP contribution >= 0.6 is 0 Å². The number of nitrogens with zero attached hydrogens (tertiary/aromatic N) is 2. The van der Waals surface area contributed by atoms with Gasteiger partial charge in [0.1, 0.15) is 0 Å². The third-order valence-electron chi connectivity index (χ3n) is 5.12. The molecular weight excluding hydrogens is 360 g/mol. The molecule has 1 aromatic heterocycles. The highest BCUT2D eigenvalue weighted by molar-refractivity contribution is 5.94. The summed E-state index contributed by atoms with van der Waals surface area (Å²) in [5.41, 5.74) is 2.22. The standard InChI is InChI=1S/C22H21F2N3O/c23-20-7-6-19(13-21(20)24)27-11-8-16(15-27)14-25-22(28)17-4-3-5-18(12-17)26-9-1-2-10-26/h1-7,9-10,12-13,16H,8,11,14-15H2,(H,25,28). The first-order valence-corrected chi connectivity index (χ1v) is 9.32. The topological polar surface area (TPSA) is 37.3 Å². The Bertz CT molecular complexity index is 972. The minimum Gasteiger partial charge on any atom is -0.371 e. The van der Waals surface area contributed by atoms with Gasteiger partial charge in [-0.05, 0) is 54.8 Å². The van der Waals surface area contributed by atoms with Crippen molar-refractivity contribution in [3.05, 3.63) is 84.2 Å². The molecule has 1 aliphatic rings. The molecule has 3 aromatic rings. The van der Waals surface area contributed by atoms with Crippen LogP contribution in [0.2, 0.25) is 0 Å². The van der Waals surface area contributed by atoms with Crippen molar-refractivity contribution in [3.63, 3.8) is 0 Å². The first-order valence-electron chi connectivity index (χ1n) is 9.32. The maximum absolute atomic E-state index is 13.4. The van der Waals surface area contributed by atoms with Crippen LogP contribution in [-0.4, -0.2) is 30.1 Å². The highest BCUT2D eigenvalue weighted by atomic mass is 19.2. The fraction of sp³-hybridized carbons (Fsp3) is 0.227. The molecule has 1 unspecified atom stereocenters. The first-order chi connectivity index (χ1) is 13.6. The normalized spacial score (nSPS) is 16.4. The SMILES string of the molecule is O=C(NCC1CCN(c2ccc(F)c(F)c2)C1)c1cccc(-n2cccc2)c1. The summed E-state index contributed by atoms with van der Waals surface area (Å²) in [6, 6.07) is 15.3. The molecule has 6 heteroatoms. The zero-order valence-corrected chi connectivity index (χ0v) is 15.3. The van der Waals surface area contributed by atoms with Crippen molar-refractivity contribution in [1.82, 2.24) is 9.88 Å². The zero-order chi connectivity index (χ0) is 19.5. The second kappa shape index (κ2) is 7.84. The molecule has 1 N–H and O–H groups in total. The van der Waals surface area contributed by atoms with Gasteiger partial charge in [0.2, 0.25) is 0 Å². The van der Waals surface area contributed by atoms with E-state index in [1.807, 2.05) is 52.2 Å². The predicted molar refractivity (Wildman–Crippen MR) is 105 cm³/mol. The average Bonchev–Trinajstić information content (AvgIpc) is 3.40. The first kappa shape index (κ1) is 18.2. The molecule has 2 aromatic carbocycles. The maximum Gasteiger partial charge on any atom is 0.251 e. The van der Waals surface area contributed by atoms with Crippen LogP contribution in [0.4, 0.5) is 14.5 Å². The second-order valence-electron chi connectivity index (χ2n) is 7.05. The van der Waals surface area contributed by atoms with Crippen LogP contribution in [0, 0.1) is 17.6 Å². The van der Waals surface area contributed by atoms with Gasteiger partial charge in [-0.15, -0.1) is 0 Å². The molecule has 0 aliphatic carbocycles. The van der Waals surface area contributed by atoms with E-state index in [0.29, 0.717) is 24.3 Å². The van der Waals surface area contributed by atoms with Gasteiger partial charge in [-0.1, -0.05) is 6.07 Å². The highest BCUT2D eigenvalue weighted by Crippen LogP contribution is 2.25. The lowest BCUT2D eigenvalue weighted by molar-refractivity contribution is 0.0948. The number of benzene rings is 2. The summed E-state index contributed by atoms with van der Waals surface area (Å²) in [4.78, 5) is 14.6. The monoisotopic (exact) mass is 381 g/mol. The van der Waals surface area contributed by atoms with Crippen LogP contribution in [0.1, 0.15) is 16.8 Å². The Kier molecular flexibility index (Phi) is 5.10. The van der Waals surface area contributed by atoms with Crippen molar-refractivity contribution in [2.75, 3.05) is 24.5 Å². The van der Waals surface area contributed by atoms with Crippen molar-refractivity contribution in [1.29, 1.82) is 0 Å². The van der Waals surface area contributed by atoms with Crippen molar-refractivity contribution in [3.8, 4) is 5.69 Å². The minimum absolute atomic E-state index is 0.111. The van der Waals surface area contributed by atoms with E-state index in [-0.39, 0.29) is 11.8 Å². The Morgan fingerprint density at radius 3 is 2.61 bits per heavy atom. The molecule has 1 saturated heterocycles. The van der Waals surface area contributed by atoms with E-state index in [0.717, 1.165) is 24.7 Å². The van der Waals surface area contributed by atoms with Crippen molar-refractivity contribution in [2.24, 2.45) is 5.92 Å². The number of carbonyl (C=O) groups is 1. The summed E-state index contributed by atoms with van der Waals surface area (Å²) in [5.74, 6) is -1.52. The lowest BCUT2D eigenvalue weighted by atomic mass is 10.1. The van der Waals surface area contributed by atoms with Crippen molar-refractivity contribution < 1.29 is 13.6 Å². The maximum atomic E-state index is 13.4. The summed E-state index contributed by atoms with van der Waals surface area (Å²) in [6.07, 6.45) is 4.76. The second-order valence-corrected chi connectivity index (χ2v) is 7.05. The van der Waals surface area contributed by atoms with Gasteiger partial charge in [-0.2, -0.15) is 0 Å². The van der Waals surface area contributed by atoms with Crippen molar-refractivity contribution in [2.45, 2.75) is 6.42 Å². The molecule has 1 aliphatic heterocycles. The number of rotatable bonds is 5. The molecule has 0 radical (unpaired) electrons. The van der Waals surface area contributed by atoms with Gasteiger partial charge in [0, 0.05) is 55.0 Å². The van der Waals surface area contributed by atoms with Gasteiger partial charge in [0.25, 0.3) is 5.91 Å². The van der Waals surface area contributed by atoms with E-state index in [2.05, 4.69) is 5.32 Å². The molecule has 28 heavy (non-hydrogen) atoms. The Hall–Kier alpha value is -3.15. The van der Waals surface area contributed by atoms with Gasteiger partial charge in [0.05, 0.1) is 0 Å². The molecular formula is C22H21F2N3O. The molecule has 0 spiro atoms. The van der Waals surface area contributed by atoms with Crippen LogP contribution in [0.25, 0.3) is 5.69 Å². The number of anilines is 1. The van der Waals surface area contributed by atoms with Gasteiger partial charge in [0.15, 0.2) is 11.6 Å². The third-order valence-corrected chi connectivity index (χ3v) is 5.12. The minimum atomic E-state index is -0.839. The van der Waals surface area contributed by atoms with Gasteiger partial charge >= 0.3 is 0 Å². The van der Waals surface area contributed by atoms with E-state index >= 15 is 0 Å². The van der Waals surface area contributed by atoms with Gasteiger partial charge < -0.3 is 14.8 Å². The molecule has 2 heterocycles. The lowest BCUT2D eigenvalue weighted by Crippen LogP contribution is -2.31. The Balaban J connectivity index is 1.34. The lowest BCUT2D eigenvalue weighted by Gasteiger charge is -2.19. The van der Waals surface area contributed by atoms with E-state index in [4.69, 9.17) is 0 Å². The van der Waals surface area contributed by atoms with Gasteiger partial charge in [-0.3, -0.25) is 4.79 Å². The summed E-state index contributed by atoms with van der Waals surface area (Å²) in [7, 11) is 0. The van der Waals surface area contributed by atoms with E-state index in [1.54, 1.807) is 12.1 Å². The molecule has 1 amide bonds. The van der Waals surface area contributed by atoms with Crippen LogP contribution in [0.15, 0.2) is 67.0 Å². The predicted octanol–water partition coefficient (Wildman–Crippen LogP) is 4.01. The smallest absolute Gasteiger partial charge is 0.251 e. The molecule has 144 valence electrons. The fourth-order valence-corrected chi connectivity index (χ4v) is 3.57. The molecule has 1 fully saturated rings. The van der Waals surface area contributed by atoms with Crippen LogP contribution < -0.4 is 10.2 Å². The van der Waals surface area contributed by atoms with E-state index in [9.17, 15) is 13.6 Å². The van der Waals surface area contributed by atoms with Crippen molar-refractivity contribution >= 4 is 11.6 Å². The summed E-state index contributed by atoms with van der Waals surface area (Å²) < 4.78 is 28.5. The summed E-state index contributed by atoms with van der Waals surface area (Å²) >= 11 is 0. The fourth-order valence-electron chi connectivity index (χ4n) is 3.57. The number of halogens is 2. The van der Waals surface area contributed by atoms with E-state index in [1.165, 1.54) is 6.07 Å². The van der Waals surface area contributed by atoms with Crippen LogP contribution in [-0.2, 0) is 0 Å². The van der Waals surface area contributed by atoms with Crippen LogP contribution in [0.5, 0.6) is 0 Å². The molecule has 0 saturated carbocycles. The Labute approximate surface area is 162 Å². The molecule has 0 bridgehead atoms. The van der Waals surface area contributed by atoms with Gasteiger partial charge in [-0.25, -0.2) is 8.78 Å². The molecule has 4 rings (SSSR count). The summed E-state index contributed by atoms with van der Waals surface area (Å²) in [5, 5.41) is 3.00. The number of aromatic nitrogens is 1. The number of hydrogen-bond donors (Lipinski definition) is 1. The third kappa shape index (κ3) is 3.91. The van der Waals surface area contributed by atoms with Crippen LogP contribution in [0.3, 0.4) is 0 Å². The average molecular weight is 381 g/mol. The number of amides is 1. The largest absolute Gasteiger partial charge is 0.371 e. The molecule has 4 nitrogen and oxygen atoms in total. The Morgan fingerprint density at radius 2 is 1.82 bits per heavy atom. The highest BCUT2D eigenvalue weighted by Gasteiger charge is 2.24. The number of nitrogens with one attached hydrogen (secondary N) is 1. The quantitative estimate of drug-likeness (QED) is 0.725. The number of carbonyl (C=O) groups excluding carboxylic acids is 1. The number of hydrogen-bond acceptors (Lipinski definition) is 2. The zero-order valence-electron chi connectivity index (χ0n) is 15.3. The van der Waals surface area contributed by atoms with E-state index < -0.39 is 11.6 Å². The Morgan fingerprint density at radius 1 is 1.00 bits per heavy atom. The molecule has 1 atom stereocenters. The summed E-state index contributed by atoms with van der Waals surface area (Å²) in [6.45, 7) is 2.01.